The molecule has 3 aromatic carbocycles. The Bertz CT molecular complexity index is 2070. The van der Waals surface area contributed by atoms with Gasteiger partial charge in [-0.1, -0.05) is 35.2 Å². The van der Waals surface area contributed by atoms with Crippen LogP contribution in [0.15, 0.2) is 112 Å². The summed E-state index contributed by atoms with van der Waals surface area (Å²) >= 11 is 0. The molecular weight excluding hydrogens is 690 g/mol. The van der Waals surface area contributed by atoms with E-state index in [1.807, 2.05) is 88.4 Å². The van der Waals surface area contributed by atoms with Crippen LogP contribution in [0.5, 0.6) is 23.0 Å². The SMILES string of the molecule is C=C=C(OC)C(OC)=C(C=C(C)C1CC(c2ccc(OC)c(OC(C)=C(C)COc3ccc(C4NC(=O)c5cc(C)ccc5N4)cc3OC)c2)=NO1)OC. The minimum absolute atomic E-state index is 0.138. The Kier molecular flexibility index (Phi) is 12.6. The zero-order chi connectivity index (χ0) is 38.9. The number of carbonyl (C=O) groups excluding carboxylic acids is 1. The van der Waals surface area contributed by atoms with E-state index in [4.69, 9.17) is 38.0 Å². The van der Waals surface area contributed by atoms with Gasteiger partial charge in [0.05, 0.1) is 46.8 Å². The van der Waals surface area contributed by atoms with Crippen LogP contribution in [0.1, 0.15) is 60.4 Å². The van der Waals surface area contributed by atoms with Crippen LogP contribution in [-0.4, -0.2) is 59.9 Å². The molecule has 2 aliphatic heterocycles. The Labute approximate surface area is 316 Å². The monoisotopic (exact) mass is 737 g/mol. The van der Waals surface area contributed by atoms with Gasteiger partial charge in [-0.25, -0.2) is 0 Å². The molecule has 2 aliphatic rings. The summed E-state index contributed by atoms with van der Waals surface area (Å²) in [5.74, 6) is 3.77. The number of aryl methyl sites for hydroxylation is 1. The van der Waals surface area contributed by atoms with Gasteiger partial charge < -0.3 is 48.6 Å². The van der Waals surface area contributed by atoms with Crippen molar-refractivity contribution in [3.05, 3.63) is 129 Å². The van der Waals surface area contributed by atoms with Gasteiger partial charge in [-0.3, -0.25) is 4.79 Å². The Morgan fingerprint density at radius 1 is 0.907 bits per heavy atom. The van der Waals surface area contributed by atoms with Crippen molar-refractivity contribution in [2.24, 2.45) is 5.16 Å². The number of carbonyl (C=O) groups is 1. The van der Waals surface area contributed by atoms with Crippen molar-refractivity contribution < 1.29 is 42.8 Å². The van der Waals surface area contributed by atoms with Crippen LogP contribution < -0.4 is 29.6 Å². The summed E-state index contributed by atoms with van der Waals surface area (Å²) in [5.41, 5.74) is 9.23. The van der Waals surface area contributed by atoms with Gasteiger partial charge in [0.15, 0.2) is 34.9 Å². The van der Waals surface area contributed by atoms with Crippen LogP contribution in [0.4, 0.5) is 5.69 Å². The first-order valence-electron chi connectivity index (χ1n) is 17.2. The number of nitrogens with zero attached hydrogens (tertiary/aromatic N) is 1. The minimum atomic E-state index is -0.425. The molecule has 2 N–H and O–H groups in total. The molecule has 0 aromatic heterocycles. The fourth-order valence-electron chi connectivity index (χ4n) is 5.86. The van der Waals surface area contributed by atoms with Crippen molar-refractivity contribution in [1.29, 1.82) is 0 Å². The third kappa shape index (κ3) is 8.67. The lowest BCUT2D eigenvalue weighted by Gasteiger charge is -2.28. The first kappa shape index (κ1) is 39.0. The maximum atomic E-state index is 12.8. The van der Waals surface area contributed by atoms with Crippen molar-refractivity contribution in [3.63, 3.8) is 0 Å². The van der Waals surface area contributed by atoms with Gasteiger partial charge in [-0.05, 0) is 87.4 Å². The minimum Gasteiger partial charge on any atom is -0.493 e. The van der Waals surface area contributed by atoms with Crippen LogP contribution in [0.3, 0.4) is 0 Å². The van der Waals surface area contributed by atoms with Crippen LogP contribution >= 0.6 is 0 Å². The highest BCUT2D eigenvalue weighted by Gasteiger charge is 2.27. The normalized spacial score (nSPS) is 17.2. The number of rotatable bonds is 15. The molecule has 0 fully saturated rings. The molecule has 0 bridgehead atoms. The molecule has 2 heterocycles. The summed E-state index contributed by atoms with van der Waals surface area (Å²) in [5, 5.41) is 10.8. The number of oxime groups is 1. The molecule has 12 heteroatoms. The second kappa shape index (κ2) is 17.5. The molecule has 0 saturated heterocycles. The number of ether oxygens (including phenoxy) is 7. The van der Waals surface area contributed by atoms with Crippen LogP contribution in [-0.2, 0) is 19.0 Å². The number of allylic oxidation sites excluding steroid dienone is 2. The molecule has 5 rings (SSSR count). The Morgan fingerprint density at radius 3 is 2.35 bits per heavy atom. The summed E-state index contributed by atoms with van der Waals surface area (Å²) in [6, 6.07) is 17.0. The van der Waals surface area contributed by atoms with Gasteiger partial charge in [0, 0.05) is 23.2 Å². The molecule has 284 valence electrons. The van der Waals surface area contributed by atoms with Crippen molar-refractivity contribution >= 4 is 17.3 Å². The number of benzene rings is 3. The van der Waals surface area contributed by atoms with Crippen molar-refractivity contribution in [2.45, 2.75) is 46.4 Å². The second-order valence-electron chi connectivity index (χ2n) is 12.6. The second-order valence-corrected chi connectivity index (χ2v) is 12.6. The van der Waals surface area contributed by atoms with Crippen LogP contribution in [0.2, 0.25) is 0 Å². The van der Waals surface area contributed by atoms with Gasteiger partial charge in [-0.2, -0.15) is 0 Å². The lowest BCUT2D eigenvalue weighted by molar-refractivity contribution is 0.0935. The van der Waals surface area contributed by atoms with Crippen molar-refractivity contribution in [1.82, 2.24) is 5.32 Å². The summed E-state index contributed by atoms with van der Waals surface area (Å²) in [4.78, 5) is 18.7. The zero-order valence-electron chi connectivity index (χ0n) is 32.2. The molecule has 54 heavy (non-hydrogen) atoms. The summed E-state index contributed by atoms with van der Waals surface area (Å²) in [6.07, 6.45) is 1.57. The molecule has 0 aliphatic carbocycles. The maximum absolute atomic E-state index is 12.8. The molecule has 2 unspecified atom stereocenters. The predicted molar refractivity (Wildman–Crippen MR) is 206 cm³/mol. The smallest absolute Gasteiger partial charge is 0.255 e. The van der Waals surface area contributed by atoms with E-state index in [9.17, 15) is 4.79 Å². The topological polar surface area (TPSA) is 127 Å². The Morgan fingerprint density at radius 2 is 1.67 bits per heavy atom. The Balaban J connectivity index is 1.26. The van der Waals surface area contributed by atoms with E-state index in [-0.39, 0.29) is 18.6 Å². The van der Waals surface area contributed by atoms with E-state index >= 15 is 0 Å². The van der Waals surface area contributed by atoms with Gasteiger partial charge in [0.25, 0.3) is 5.91 Å². The number of methoxy groups -OCH3 is 5. The van der Waals surface area contributed by atoms with Crippen molar-refractivity contribution in [3.8, 4) is 23.0 Å². The van der Waals surface area contributed by atoms with Crippen LogP contribution in [0, 0.1) is 6.92 Å². The first-order valence-corrected chi connectivity index (χ1v) is 17.2. The fraction of sp³-hybridized carbons (Fsp3) is 0.310. The fourth-order valence-corrected chi connectivity index (χ4v) is 5.86. The molecular formula is C42H47N3O9. The molecule has 2 atom stereocenters. The van der Waals surface area contributed by atoms with E-state index in [1.54, 1.807) is 21.3 Å². The molecule has 0 saturated carbocycles. The highest BCUT2D eigenvalue weighted by molar-refractivity contribution is 6.02. The maximum Gasteiger partial charge on any atom is 0.255 e. The average Bonchev–Trinajstić information content (AvgIpc) is 3.69. The van der Waals surface area contributed by atoms with Gasteiger partial charge in [0.2, 0.25) is 11.5 Å². The highest BCUT2D eigenvalue weighted by atomic mass is 16.6. The number of nitrogens with one attached hydrogen (secondary N) is 2. The van der Waals surface area contributed by atoms with Gasteiger partial charge in [-0.15, -0.1) is 0 Å². The zero-order valence-corrected chi connectivity index (χ0v) is 32.2. The van der Waals surface area contributed by atoms with E-state index in [1.165, 1.54) is 14.2 Å². The molecule has 1 amide bonds. The molecule has 0 radical (unpaired) electrons. The first-order chi connectivity index (χ1) is 26.0. The lowest BCUT2D eigenvalue weighted by atomic mass is 10.00. The number of amides is 1. The molecule has 12 nitrogen and oxygen atoms in total. The average molecular weight is 738 g/mol. The predicted octanol–water partition coefficient (Wildman–Crippen LogP) is 7.88. The van der Waals surface area contributed by atoms with E-state index < -0.39 is 6.17 Å². The van der Waals surface area contributed by atoms with E-state index in [0.717, 1.165) is 39.2 Å². The lowest BCUT2D eigenvalue weighted by Crippen LogP contribution is -2.38. The largest absolute Gasteiger partial charge is 0.493 e. The number of hydrogen-bond acceptors (Lipinski definition) is 11. The summed E-state index contributed by atoms with van der Waals surface area (Å²) < 4.78 is 40.2. The molecule has 0 spiro atoms. The van der Waals surface area contributed by atoms with Gasteiger partial charge in [0.1, 0.15) is 18.5 Å². The van der Waals surface area contributed by atoms with Crippen molar-refractivity contribution in [2.75, 3.05) is 47.5 Å². The van der Waals surface area contributed by atoms with Gasteiger partial charge >= 0.3 is 0 Å². The third-order valence-electron chi connectivity index (χ3n) is 9.08. The summed E-state index contributed by atoms with van der Waals surface area (Å²) in [7, 11) is 7.74. The summed E-state index contributed by atoms with van der Waals surface area (Å²) in [6.45, 7) is 11.6. The highest BCUT2D eigenvalue weighted by Crippen LogP contribution is 2.35. The van der Waals surface area contributed by atoms with E-state index in [0.29, 0.717) is 58.0 Å². The number of hydrogen-bond donors (Lipinski definition) is 2. The standard InChI is InChI=1S/C42H47N3O9/c1-11-33(47-6)40(51-10)39(50-9)19-25(3)36-22-32(45-54-36)28-13-16-34(48-7)38(20-28)53-27(5)26(4)23-52-35-17-14-29(21-37(35)49-8)41-43-31-15-12-24(2)18-30(31)42(46)44-41/h12-21,36,41,43H,1,22-23H2,2-10H3,(H,44,46). The number of anilines is 1. The third-order valence-corrected chi connectivity index (χ3v) is 9.08. The van der Waals surface area contributed by atoms with Crippen LogP contribution in [0.25, 0.3) is 0 Å². The molecule has 3 aromatic rings. The van der Waals surface area contributed by atoms with E-state index in [2.05, 4.69) is 28.1 Å². The number of fused-ring (bicyclic) bond motifs is 1. The quantitative estimate of drug-likeness (QED) is 0.0904. The Hall–Kier alpha value is -6.26.